The number of nitriles is 1. The highest BCUT2D eigenvalue weighted by atomic mass is 16.3. The summed E-state index contributed by atoms with van der Waals surface area (Å²) in [6.45, 7) is 0.481. The second-order valence-electron chi connectivity index (χ2n) is 4.31. The third kappa shape index (κ3) is 2.04. The molecule has 0 bridgehead atoms. The minimum atomic E-state index is 0.230. The van der Waals surface area contributed by atoms with Crippen LogP contribution >= 0.6 is 0 Å². The molecule has 0 saturated carbocycles. The molecule has 0 spiro atoms. The molecule has 5 heteroatoms. The molecule has 0 atom stereocenters. The molecular weight excluding hydrogens is 252 g/mol. The number of benzene rings is 1. The van der Waals surface area contributed by atoms with E-state index in [0.29, 0.717) is 17.8 Å². The highest BCUT2D eigenvalue weighted by molar-refractivity contribution is 5.96. The molecule has 0 unspecified atom stereocenters. The zero-order valence-corrected chi connectivity index (χ0v) is 10.6. The van der Waals surface area contributed by atoms with E-state index >= 15 is 0 Å². The fraction of sp³-hybridized carbons (Fsp3) is 0.0667. The lowest BCUT2D eigenvalue weighted by atomic mass is 10.1. The molecular formula is C15H12N4O. The van der Waals surface area contributed by atoms with Crippen LogP contribution < -0.4 is 11.1 Å². The summed E-state index contributed by atoms with van der Waals surface area (Å²) in [6.07, 6.45) is 1.61. The Bertz CT molecular complexity index is 787. The average Bonchev–Trinajstić information content (AvgIpc) is 2.97. The average molecular weight is 264 g/mol. The van der Waals surface area contributed by atoms with Gasteiger partial charge in [0.25, 0.3) is 0 Å². The van der Waals surface area contributed by atoms with Crippen LogP contribution in [-0.4, -0.2) is 4.98 Å². The van der Waals surface area contributed by atoms with Gasteiger partial charge in [-0.05, 0) is 18.2 Å². The first-order chi connectivity index (χ1) is 9.79. The molecule has 0 saturated heterocycles. The van der Waals surface area contributed by atoms with Crippen molar-refractivity contribution in [1.82, 2.24) is 4.98 Å². The SMILES string of the molecule is N#Cc1c(N)nc2ccccc2c1NCc1ccco1. The Morgan fingerprint density at radius 1 is 1.25 bits per heavy atom. The van der Waals surface area contributed by atoms with Gasteiger partial charge in [-0.25, -0.2) is 4.98 Å². The molecule has 2 heterocycles. The van der Waals surface area contributed by atoms with Crippen LogP contribution in [0.1, 0.15) is 11.3 Å². The van der Waals surface area contributed by atoms with Gasteiger partial charge in [-0.1, -0.05) is 18.2 Å². The lowest BCUT2D eigenvalue weighted by molar-refractivity contribution is 0.518. The van der Waals surface area contributed by atoms with E-state index < -0.39 is 0 Å². The maximum atomic E-state index is 9.28. The predicted molar refractivity (Wildman–Crippen MR) is 76.9 cm³/mol. The van der Waals surface area contributed by atoms with Crippen molar-refractivity contribution >= 4 is 22.4 Å². The maximum Gasteiger partial charge on any atom is 0.144 e. The molecule has 0 radical (unpaired) electrons. The standard InChI is InChI=1S/C15H12N4O/c16-8-12-14(18-9-10-4-3-7-20-10)11-5-1-2-6-13(11)19-15(12)17/h1-7H,9H2,(H3,17,18,19). The van der Waals surface area contributed by atoms with Gasteiger partial charge >= 0.3 is 0 Å². The van der Waals surface area contributed by atoms with Gasteiger partial charge in [0.15, 0.2) is 0 Å². The van der Waals surface area contributed by atoms with Gasteiger partial charge in [-0.2, -0.15) is 5.26 Å². The Hall–Kier alpha value is -3.00. The number of anilines is 2. The molecule has 5 nitrogen and oxygen atoms in total. The predicted octanol–water partition coefficient (Wildman–Crippen LogP) is 2.89. The van der Waals surface area contributed by atoms with Gasteiger partial charge in [0.1, 0.15) is 23.2 Å². The summed E-state index contributed by atoms with van der Waals surface area (Å²) in [5, 5.41) is 13.4. The molecule has 1 aromatic carbocycles. The summed E-state index contributed by atoms with van der Waals surface area (Å²) >= 11 is 0. The van der Waals surface area contributed by atoms with Crippen LogP contribution in [0.3, 0.4) is 0 Å². The smallest absolute Gasteiger partial charge is 0.144 e. The van der Waals surface area contributed by atoms with E-state index in [1.54, 1.807) is 6.26 Å². The molecule has 0 aliphatic rings. The second-order valence-corrected chi connectivity index (χ2v) is 4.31. The fourth-order valence-corrected chi connectivity index (χ4v) is 2.12. The van der Waals surface area contributed by atoms with Crippen molar-refractivity contribution in [2.45, 2.75) is 6.54 Å². The lowest BCUT2D eigenvalue weighted by Gasteiger charge is -2.12. The first-order valence-corrected chi connectivity index (χ1v) is 6.14. The Kier molecular flexibility index (Phi) is 2.98. The normalized spacial score (nSPS) is 10.3. The second kappa shape index (κ2) is 4.94. The van der Waals surface area contributed by atoms with E-state index in [2.05, 4.69) is 16.4 Å². The van der Waals surface area contributed by atoms with E-state index in [1.165, 1.54) is 0 Å². The molecule has 3 rings (SSSR count). The summed E-state index contributed by atoms with van der Waals surface area (Å²) < 4.78 is 5.28. The number of aromatic nitrogens is 1. The van der Waals surface area contributed by atoms with Gasteiger partial charge < -0.3 is 15.5 Å². The van der Waals surface area contributed by atoms with Crippen molar-refractivity contribution in [3.05, 3.63) is 54.0 Å². The zero-order chi connectivity index (χ0) is 13.9. The molecule has 98 valence electrons. The number of nitrogen functional groups attached to an aromatic ring is 1. The van der Waals surface area contributed by atoms with Crippen molar-refractivity contribution in [3.8, 4) is 6.07 Å². The van der Waals surface area contributed by atoms with Crippen LogP contribution in [0.2, 0.25) is 0 Å². The van der Waals surface area contributed by atoms with E-state index in [0.717, 1.165) is 16.7 Å². The largest absolute Gasteiger partial charge is 0.467 e. The zero-order valence-electron chi connectivity index (χ0n) is 10.6. The summed E-state index contributed by atoms with van der Waals surface area (Å²) in [5.41, 5.74) is 7.65. The maximum absolute atomic E-state index is 9.28. The number of nitrogens with two attached hydrogens (primary N) is 1. The molecule has 0 amide bonds. The number of hydrogen-bond acceptors (Lipinski definition) is 5. The minimum absolute atomic E-state index is 0.230. The Morgan fingerprint density at radius 3 is 2.85 bits per heavy atom. The molecule has 0 fully saturated rings. The summed E-state index contributed by atoms with van der Waals surface area (Å²) in [4.78, 5) is 4.24. The van der Waals surface area contributed by atoms with Crippen LogP contribution in [0.15, 0.2) is 47.1 Å². The van der Waals surface area contributed by atoms with Crippen LogP contribution in [-0.2, 0) is 6.54 Å². The molecule has 20 heavy (non-hydrogen) atoms. The number of rotatable bonds is 3. The van der Waals surface area contributed by atoms with Crippen molar-refractivity contribution in [1.29, 1.82) is 5.26 Å². The van der Waals surface area contributed by atoms with Crippen LogP contribution in [0, 0.1) is 11.3 Å². The van der Waals surface area contributed by atoms with Gasteiger partial charge in [0.05, 0.1) is 24.0 Å². The third-order valence-corrected chi connectivity index (χ3v) is 3.05. The van der Waals surface area contributed by atoms with Crippen LogP contribution in [0.5, 0.6) is 0 Å². The lowest BCUT2D eigenvalue weighted by Crippen LogP contribution is -2.05. The Morgan fingerprint density at radius 2 is 2.10 bits per heavy atom. The monoisotopic (exact) mass is 264 g/mol. The minimum Gasteiger partial charge on any atom is -0.467 e. The molecule has 0 aliphatic carbocycles. The quantitative estimate of drug-likeness (QED) is 0.759. The number of fused-ring (bicyclic) bond motifs is 1. The highest BCUT2D eigenvalue weighted by Gasteiger charge is 2.13. The van der Waals surface area contributed by atoms with Gasteiger partial charge in [0.2, 0.25) is 0 Å². The fourth-order valence-electron chi connectivity index (χ4n) is 2.12. The third-order valence-electron chi connectivity index (χ3n) is 3.05. The number of furan rings is 1. The van der Waals surface area contributed by atoms with E-state index in [9.17, 15) is 5.26 Å². The van der Waals surface area contributed by atoms with E-state index in [-0.39, 0.29) is 5.82 Å². The Balaban J connectivity index is 2.09. The topological polar surface area (TPSA) is 87.9 Å². The number of nitrogens with one attached hydrogen (secondary N) is 1. The molecule has 3 N–H and O–H groups in total. The van der Waals surface area contributed by atoms with Crippen LogP contribution in [0.4, 0.5) is 11.5 Å². The van der Waals surface area contributed by atoms with Crippen molar-refractivity contribution in [3.63, 3.8) is 0 Å². The van der Waals surface area contributed by atoms with E-state index in [4.69, 9.17) is 10.2 Å². The van der Waals surface area contributed by atoms with E-state index in [1.807, 2.05) is 36.4 Å². The first-order valence-electron chi connectivity index (χ1n) is 6.14. The summed E-state index contributed by atoms with van der Waals surface area (Å²) in [5.74, 6) is 1.02. The van der Waals surface area contributed by atoms with Gasteiger partial charge in [0, 0.05) is 5.39 Å². The van der Waals surface area contributed by atoms with Crippen molar-refractivity contribution in [2.24, 2.45) is 0 Å². The molecule has 3 aromatic rings. The van der Waals surface area contributed by atoms with Crippen molar-refractivity contribution in [2.75, 3.05) is 11.1 Å². The Labute approximate surface area is 115 Å². The van der Waals surface area contributed by atoms with Crippen molar-refractivity contribution < 1.29 is 4.42 Å². The molecule has 0 aliphatic heterocycles. The first kappa shape index (κ1) is 12.1. The van der Waals surface area contributed by atoms with Crippen LogP contribution in [0.25, 0.3) is 10.9 Å². The number of para-hydroxylation sites is 1. The van der Waals surface area contributed by atoms with Gasteiger partial charge in [-0.15, -0.1) is 0 Å². The van der Waals surface area contributed by atoms with Gasteiger partial charge in [-0.3, -0.25) is 0 Å². The number of pyridine rings is 1. The highest BCUT2D eigenvalue weighted by Crippen LogP contribution is 2.29. The summed E-state index contributed by atoms with van der Waals surface area (Å²) in [7, 11) is 0. The molecule has 2 aromatic heterocycles. The number of nitrogens with zero attached hydrogens (tertiary/aromatic N) is 2. The summed E-state index contributed by atoms with van der Waals surface area (Å²) in [6, 6.07) is 13.4. The number of hydrogen-bond donors (Lipinski definition) is 2.